The number of aromatic amines is 1. The summed E-state index contributed by atoms with van der Waals surface area (Å²) in [5, 5.41) is 1.23. The molecule has 0 amide bonds. The smallest absolute Gasteiger partial charge is 0.302 e. The molecule has 3 nitrogen and oxygen atoms in total. The highest BCUT2D eigenvalue weighted by molar-refractivity contribution is 5.80. The minimum atomic E-state index is -0.211. The van der Waals surface area contributed by atoms with Crippen molar-refractivity contribution in [3.63, 3.8) is 0 Å². The third kappa shape index (κ3) is 2.63. The number of aryl methyl sites for hydroxylation is 1. The first kappa shape index (κ1) is 10.7. The number of para-hydroxylation sites is 1. The standard InChI is InChI=1S/C13H15NO2/c1-10(15)16-8-4-6-12-9-11-5-2-3-7-13(11)14-12/h2-3,5,7,9,14H,4,6,8H2,1H3. The van der Waals surface area contributed by atoms with Crippen LogP contribution in [-0.4, -0.2) is 17.6 Å². The van der Waals surface area contributed by atoms with Crippen molar-refractivity contribution in [2.45, 2.75) is 19.8 Å². The maximum absolute atomic E-state index is 10.6. The average molecular weight is 217 g/mol. The van der Waals surface area contributed by atoms with E-state index in [-0.39, 0.29) is 5.97 Å². The molecule has 0 aliphatic carbocycles. The number of fused-ring (bicyclic) bond motifs is 1. The van der Waals surface area contributed by atoms with Crippen LogP contribution in [0.25, 0.3) is 10.9 Å². The first-order valence-electron chi connectivity index (χ1n) is 5.46. The topological polar surface area (TPSA) is 42.1 Å². The van der Waals surface area contributed by atoms with Gasteiger partial charge < -0.3 is 9.72 Å². The quantitative estimate of drug-likeness (QED) is 0.632. The molecule has 3 heteroatoms. The Hall–Kier alpha value is -1.77. The average Bonchev–Trinajstić information content (AvgIpc) is 2.66. The fraction of sp³-hybridized carbons (Fsp3) is 0.308. The SMILES string of the molecule is CC(=O)OCCCc1cc2ccccc2[nH]1. The van der Waals surface area contributed by atoms with Crippen LogP contribution in [0.2, 0.25) is 0 Å². The molecule has 0 atom stereocenters. The first-order valence-corrected chi connectivity index (χ1v) is 5.46. The van der Waals surface area contributed by atoms with E-state index in [0.717, 1.165) is 18.4 Å². The molecule has 2 aromatic rings. The van der Waals surface area contributed by atoms with E-state index in [4.69, 9.17) is 4.74 Å². The van der Waals surface area contributed by atoms with Gasteiger partial charge in [-0.3, -0.25) is 4.79 Å². The third-order valence-electron chi connectivity index (χ3n) is 2.48. The van der Waals surface area contributed by atoms with E-state index in [9.17, 15) is 4.79 Å². The minimum Gasteiger partial charge on any atom is -0.466 e. The molecule has 1 aromatic carbocycles. The van der Waals surface area contributed by atoms with Crippen LogP contribution in [0.15, 0.2) is 30.3 Å². The van der Waals surface area contributed by atoms with Crippen molar-refractivity contribution >= 4 is 16.9 Å². The fourth-order valence-electron chi connectivity index (χ4n) is 1.75. The van der Waals surface area contributed by atoms with E-state index in [1.165, 1.54) is 18.0 Å². The molecule has 0 unspecified atom stereocenters. The van der Waals surface area contributed by atoms with Crippen molar-refractivity contribution in [1.82, 2.24) is 4.98 Å². The number of carbonyl (C=O) groups is 1. The largest absolute Gasteiger partial charge is 0.466 e. The second kappa shape index (κ2) is 4.84. The molecular formula is C13H15NO2. The predicted octanol–water partition coefficient (Wildman–Crippen LogP) is 2.66. The summed E-state index contributed by atoms with van der Waals surface area (Å²) in [7, 11) is 0. The Kier molecular flexibility index (Phi) is 3.25. The van der Waals surface area contributed by atoms with E-state index in [2.05, 4.69) is 23.2 Å². The number of ether oxygens (including phenoxy) is 1. The van der Waals surface area contributed by atoms with Gasteiger partial charge in [-0.15, -0.1) is 0 Å². The molecule has 0 bridgehead atoms. The van der Waals surface area contributed by atoms with E-state index in [1.807, 2.05) is 12.1 Å². The number of H-pyrrole nitrogens is 1. The lowest BCUT2D eigenvalue weighted by Crippen LogP contribution is -2.01. The molecule has 0 aliphatic heterocycles. The Balaban J connectivity index is 1.92. The summed E-state index contributed by atoms with van der Waals surface area (Å²) in [6.45, 7) is 1.92. The molecule has 84 valence electrons. The Morgan fingerprint density at radius 1 is 1.38 bits per heavy atom. The predicted molar refractivity (Wildman–Crippen MR) is 63.3 cm³/mol. The zero-order valence-corrected chi connectivity index (χ0v) is 9.32. The maximum Gasteiger partial charge on any atom is 0.302 e. The zero-order valence-electron chi connectivity index (χ0n) is 9.32. The Morgan fingerprint density at radius 2 is 2.19 bits per heavy atom. The highest BCUT2D eigenvalue weighted by Gasteiger charge is 2.00. The van der Waals surface area contributed by atoms with Crippen LogP contribution in [0.4, 0.5) is 0 Å². The van der Waals surface area contributed by atoms with E-state index in [0.29, 0.717) is 6.61 Å². The molecule has 1 heterocycles. The molecule has 1 N–H and O–H groups in total. The van der Waals surface area contributed by atoms with E-state index < -0.39 is 0 Å². The highest BCUT2D eigenvalue weighted by atomic mass is 16.5. The van der Waals surface area contributed by atoms with E-state index >= 15 is 0 Å². The van der Waals surface area contributed by atoms with Crippen LogP contribution in [0.1, 0.15) is 19.0 Å². The van der Waals surface area contributed by atoms with Crippen molar-refractivity contribution in [3.8, 4) is 0 Å². The van der Waals surface area contributed by atoms with Crippen molar-refractivity contribution in [2.75, 3.05) is 6.61 Å². The summed E-state index contributed by atoms with van der Waals surface area (Å²) < 4.78 is 4.88. The molecule has 0 fully saturated rings. The summed E-state index contributed by atoms with van der Waals surface area (Å²) in [6, 6.07) is 10.3. The summed E-state index contributed by atoms with van der Waals surface area (Å²) in [5.41, 5.74) is 2.35. The van der Waals surface area contributed by atoms with Gasteiger partial charge in [-0.05, 0) is 30.4 Å². The lowest BCUT2D eigenvalue weighted by molar-refractivity contribution is -0.141. The van der Waals surface area contributed by atoms with Crippen LogP contribution in [-0.2, 0) is 16.0 Å². The minimum absolute atomic E-state index is 0.211. The molecule has 0 spiro atoms. The molecule has 1 aromatic heterocycles. The summed E-state index contributed by atoms with van der Waals surface area (Å²) in [5.74, 6) is -0.211. The lowest BCUT2D eigenvalue weighted by atomic mass is 10.2. The molecular weight excluding hydrogens is 202 g/mol. The molecule has 0 saturated heterocycles. The van der Waals surface area contributed by atoms with Gasteiger partial charge in [0.05, 0.1) is 6.61 Å². The number of esters is 1. The number of rotatable bonds is 4. The van der Waals surface area contributed by atoms with Gasteiger partial charge in [0.25, 0.3) is 0 Å². The van der Waals surface area contributed by atoms with Crippen molar-refractivity contribution < 1.29 is 9.53 Å². The highest BCUT2D eigenvalue weighted by Crippen LogP contribution is 2.15. The van der Waals surface area contributed by atoms with Crippen molar-refractivity contribution in [3.05, 3.63) is 36.0 Å². The van der Waals surface area contributed by atoms with Crippen LogP contribution in [0, 0.1) is 0 Å². The van der Waals surface area contributed by atoms with Crippen LogP contribution in [0.3, 0.4) is 0 Å². The number of hydrogen-bond donors (Lipinski definition) is 1. The Bertz CT molecular complexity index is 454. The second-order valence-corrected chi connectivity index (χ2v) is 3.83. The summed E-state index contributed by atoms with van der Waals surface area (Å²) in [6.07, 6.45) is 1.76. The van der Waals surface area contributed by atoms with Gasteiger partial charge in [0, 0.05) is 18.1 Å². The number of aromatic nitrogens is 1. The van der Waals surface area contributed by atoms with Gasteiger partial charge in [-0.25, -0.2) is 0 Å². The maximum atomic E-state index is 10.6. The Morgan fingerprint density at radius 3 is 2.94 bits per heavy atom. The van der Waals surface area contributed by atoms with Crippen LogP contribution < -0.4 is 0 Å². The Labute approximate surface area is 94.4 Å². The number of benzene rings is 1. The molecule has 16 heavy (non-hydrogen) atoms. The van der Waals surface area contributed by atoms with Gasteiger partial charge >= 0.3 is 5.97 Å². The van der Waals surface area contributed by atoms with Crippen LogP contribution >= 0.6 is 0 Å². The normalized spacial score (nSPS) is 10.6. The monoisotopic (exact) mass is 217 g/mol. The molecule has 0 radical (unpaired) electrons. The molecule has 0 saturated carbocycles. The van der Waals surface area contributed by atoms with Gasteiger partial charge in [-0.2, -0.15) is 0 Å². The molecule has 0 aliphatic rings. The molecule has 2 rings (SSSR count). The van der Waals surface area contributed by atoms with Crippen LogP contribution in [0.5, 0.6) is 0 Å². The van der Waals surface area contributed by atoms with Gasteiger partial charge in [0.2, 0.25) is 0 Å². The third-order valence-corrected chi connectivity index (χ3v) is 2.48. The van der Waals surface area contributed by atoms with Crippen molar-refractivity contribution in [1.29, 1.82) is 0 Å². The van der Waals surface area contributed by atoms with Gasteiger partial charge in [0.15, 0.2) is 0 Å². The lowest BCUT2D eigenvalue weighted by Gasteiger charge is -1.99. The number of nitrogens with one attached hydrogen (secondary N) is 1. The zero-order chi connectivity index (χ0) is 11.4. The fourth-order valence-corrected chi connectivity index (χ4v) is 1.75. The van der Waals surface area contributed by atoms with Gasteiger partial charge in [-0.1, -0.05) is 18.2 Å². The summed E-state index contributed by atoms with van der Waals surface area (Å²) >= 11 is 0. The number of hydrogen-bond acceptors (Lipinski definition) is 2. The van der Waals surface area contributed by atoms with Gasteiger partial charge in [0.1, 0.15) is 0 Å². The van der Waals surface area contributed by atoms with E-state index in [1.54, 1.807) is 0 Å². The number of carbonyl (C=O) groups excluding carboxylic acids is 1. The second-order valence-electron chi connectivity index (χ2n) is 3.83. The van der Waals surface area contributed by atoms with Crippen molar-refractivity contribution in [2.24, 2.45) is 0 Å². The first-order chi connectivity index (χ1) is 7.75. The summed E-state index contributed by atoms with van der Waals surface area (Å²) in [4.78, 5) is 13.9.